The van der Waals surface area contributed by atoms with Crippen molar-refractivity contribution in [2.75, 3.05) is 25.3 Å². The number of hydrogen-bond donors (Lipinski definition) is 2. The first-order valence-electron chi connectivity index (χ1n) is 5.76. The van der Waals surface area contributed by atoms with E-state index in [1.54, 1.807) is 26.5 Å². The molecule has 100 valence electrons. The summed E-state index contributed by atoms with van der Waals surface area (Å²) in [6.07, 6.45) is 1.63. The Hall–Kier alpha value is -2.50. The molecular formula is C13H16N4O2. The van der Waals surface area contributed by atoms with Crippen LogP contribution in [0.15, 0.2) is 30.5 Å². The molecule has 0 bridgehead atoms. The largest absolute Gasteiger partial charge is 0.497 e. The van der Waals surface area contributed by atoms with E-state index in [1.807, 2.05) is 18.2 Å². The highest BCUT2D eigenvalue weighted by molar-refractivity contribution is 5.59. The molecule has 0 aliphatic carbocycles. The van der Waals surface area contributed by atoms with Crippen LogP contribution in [0.3, 0.4) is 0 Å². The molecule has 19 heavy (non-hydrogen) atoms. The fourth-order valence-corrected chi connectivity index (χ4v) is 1.63. The first kappa shape index (κ1) is 12.9. The lowest BCUT2D eigenvalue weighted by Gasteiger charge is -2.12. The predicted octanol–water partition coefficient (Wildman–Crippen LogP) is 1.69. The fourth-order valence-electron chi connectivity index (χ4n) is 1.63. The van der Waals surface area contributed by atoms with E-state index >= 15 is 0 Å². The van der Waals surface area contributed by atoms with Gasteiger partial charge in [-0.15, -0.1) is 0 Å². The summed E-state index contributed by atoms with van der Waals surface area (Å²) in [6.45, 7) is 0.453. The Balaban J connectivity index is 2.14. The zero-order valence-electron chi connectivity index (χ0n) is 10.9. The van der Waals surface area contributed by atoms with Gasteiger partial charge in [-0.25, -0.2) is 9.97 Å². The molecular weight excluding hydrogens is 244 g/mol. The molecule has 1 aromatic carbocycles. The molecule has 1 aromatic heterocycles. The molecule has 0 radical (unpaired) electrons. The van der Waals surface area contributed by atoms with E-state index in [0.29, 0.717) is 18.2 Å². The number of nitrogens with one attached hydrogen (secondary N) is 1. The van der Waals surface area contributed by atoms with E-state index in [2.05, 4.69) is 15.3 Å². The second kappa shape index (κ2) is 5.90. The van der Waals surface area contributed by atoms with Crippen molar-refractivity contribution in [3.63, 3.8) is 0 Å². The monoisotopic (exact) mass is 260 g/mol. The number of hydrogen-bond acceptors (Lipinski definition) is 6. The van der Waals surface area contributed by atoms with Gasteiger partial charge in [0.2, 0.25) is 0 Å². The summed E-state index contributed by atoms with van der Waals surface area (Å²) < 4.78 is 10.5. The van der Waals surface area contributed by atoms with Gasteiger partial charge in [-0.3, -0.25) is 0 Å². The quantitative estimate of drug-likeness (QED) is 0.851. The van der Waals surface area contributed by atoms with Gasteiger partial charge >= 0.3 is 0 Å². The van der Waals surface area contributed by atoms with Gasteiger partial charge in [-0.2, -0.15) is 0 Å². The lowest BCUT2D eigenvalue weighted by molar-refractivity contribution is 0.404. The van der Waals surface area contributed by atoms with Crippen LogP contribution in [0.2, 0.25) is 0 Å². The molecule has 0 aliphatic rings. The predicted molar refractivity (Wildman–Crippen MR) is 73.3 cm³/mol. The number of nitrogens with zero attached hydrogens (tertiary/aromatic N) is 2. The van der Waals surface area contributed by atoms with Crippen LogP contribution in [0.4, 0.5) is 11.5 Å². The molecule has 0 saturated heterocycles. The normalized spacial score (nSPS) is 10.0. The van der Waals surface area contributed by atoms with Crippen LogP contribution in [0.25, 0.3) is 0 Å². The Morgan fingerprint density at radius 1 is 1.21 bits per heavy atom. The number of aromatic nitrogens is 2. The smallest absolute Gasteiger partial charge is 0.149 e. The second-order valence-electron chi connectivity index (χ2n) is 3.82. The lowest BCUT2D eigenvalue weighted by Crippen LogP contribution is -2.06. The minimum absolute atomic E-state index is 0.449. The average molecular weight is 260 g/mol. The van der Waals surface area contributed by atoms with Crippen LogP contribution in [0.5, 0.6) is 11.5 Å². The molecule has 0 atom stereocenters. The first-order valence-corrected chi connectivity index (χ1v) is 5.76. The number of rotatable bonds is 5. The van der Waals surface area contributed by atoms with E-state index in [1.165, 1.54) is 0 Å². The Kier molecular flexibility index (Phi) is 4.02. The van der Waals surface area contributed by atoms with Crippen LogP contribution in [-0.4, -0.2) is 24.2 Å². The molecule has 0 fully saturated rings. The summed E-state index contributed by atoms with van der Waals surface area (Å²) in [5, 5.41) is 3.20. The van der Waals surface area contributed by atoms with Gasteiger partial charge in [0.1, 0.15) is 23.1 Å². The minimum atomic E-state index is 0.449. The molecule has 0 aliphatic heterocycles. The van der Waals surface area contributed by atoms with Crippen molar-refractivity contribution in [1.29, 1.82) is 0 Å². The van der Waals surface area contributed by atoms with Gasteiger partial charge in [-0.05, 0) is 18.2 Å². The molecule has 3 N–H and O–H groups in total. The first-order chi connectivity index (χ1) is 9.22. The minimum Gasteiger partial charge on any atom is -0.497 e. The number of ether oxygens (including phenoxy) is 2. The van der Waals surface area contributed by atoms with Gasteiger partial charge in [0, 0.05) is 12.3 Å². The SMILES string of the molecule is COc1ccc(OC)c(NCc2nccc(N)n2)c1. The van der Waals surface area contributed by atoms with Gasteiger partial charge in [-0.1, -0.05) is 0 Å². The summed E-state index contributed by atoms with van der Waals surface area (Å²) in [5.41, 5.74) is 6.42. The topological polar surface area (TPSA) is 82.3 Å². The van der Waals surface area contributed by atoms with Crippen molar-refractivity contribution in [1.82, 2.24) is 9.97 Å². The third kappa shape index (κ3) is 3.25. The lowest BCUT2D eigenvalue weighted by atomic mass is 10.2. The fraction of sp³-hybridized carbons (Fsp3) is 0.231. The number of nitrogens with two attached hydrogens (primary N) is 1. The van der Waals surface area contributed by atoms with Gasteiger partial charge in [0.25, 0.3) is 0 Å². The molecule has 2 aromatic rings. The van der Waals surface area contributed by atoms with Crippen LogP contribution in [0, 0.1) is 0 Å². The maximum atomic E-state index is 5.61. The van der Waals surface area contributed by atoms with Crippen molar-refractivity contribution in [3.05, 3.63) is 36.3 Å². The van der Waals surface area contributed by atoms with Crippen molar-refractivity contribution in [2.24, 2.45) is 0 Å². The molecule has 6 heteroatoms. The molecule has 6 nitrogen and oxygen atoms in total. The molecule has 0 saturated carbocycles. The number of benzene rings is 1. The van der Waals surface area contributed by atoms with Crippen LogP contribution >= 0.6 is 0 Å². The zero-order valence-corrected chi connectivity index (χ0v) is 10.9. The molecule has 0 unspecified atom stereocenters. The Morgan fingerprint density at radius 3 is 2.74 bits per heavy atom. The average Bonchev–Trinajstić information content (AvgIpc) is 2.45. The molecule has 0 spiro atoms. The highest BCUT2D eigenvalue weighted by atomic mass is 16.5. The number of anilines is 2. The van der Waals surface area contributed by atoms with Crippen LogP contribution < -0.4 is 20.5 Å². The van der Waals surface area contributed by atoms with Crippen LogP contribution in [-0.2, 0) is 6.54 Å². The summed E-state index contributed by atoms with van der Waals surface area (Å²) in [7, 11) is 3.23. The highest BCUT2D eigenvalue weighted by Crippen LogP contribution is 2.29. The molecule has 2 rings (SSSR count). The Bertz CT molecular complexity index is 560. The van der Waals surface area contributed by atoms with E-state index in [-0.39, 0.29) is 0 Å². The third-order valence-electron chi connectivity index (χ3n) is 2.57. The van der Waals surface area contributed by atoms with Crippen molar-refractivity contribution < 1.29 is 9.47 Å². The standard InChI is InChI=1S/C13H16N4O2/c1-18-9-3-4-11(19-2)10(7-9)16-8-13-15-6-5-12(14)17-13/h3-7,16H,8H2,1-2H3,(H2,14,15,17). The maximum Gasteiger partial charge on any atom is 0.149 e. The third-order valence-corrected chi connectivity index (χ3v) is 2.57. The Morgan fingerprint density at radius 2 is 2.05 bits per heavy atom. The second-order valence-corrected chi connectivity index (χ2v) is 3.82. The Labute approximate surface area is 111 Å². The van der Waals surface area contributed by atoms with E-state index in [4.69, 9.17) is 15.2 Å². The summed E-state index contributed by atoms with van der Waals surface area (Å²) in [6, 6.07) is 7.17. The van der Waals surface area contributed by atoms with E-state index < -0.39 is 0 Å². The van der Waals surface area contributed by atoms with Gasteiger partial charge in [0.05, 0.1) is 26.5 Å². The van der Waals surface area contributed by atoms with Crippen molar-refractivity contribution in [3.8, 4) is 11.5 Å². The summed E-state index contributed by atoms with van der Waals surface area (Å²) in [5.74, 6) is 2.54. The summed E-state index contributed by atoms with van der Waals surface area (Å²) in [4.78, 5) is 8.25. The summed E-state index contributed by atoms with van der Waals surface area (Å²) >= 11 is 0. The van der Waals surface area contributed by atoms with Crippen molar-refractivity contribution >= 4 is 11.5 Å². The van der Waals surface area contributed by atoms with Gasteiger partial charge < -0.3 is 20.5 Å². The maximum absolute atomic E-state index is 5.61. The molecule has 1 heterocycles. The number of methoxy groups -OCH3 is 2. The number of nitrogen functional groups attached to an aromatic ring is 1. The van der Waals surface area contributed by atoms with E-state index in [9.17, 15) is 0 Å². The van der Waals surface area contributed by atoms with E-state index in [0.717, 1.165) is 17.2 Å². The van der Waals surface area contributed by atoms with Gasteiger partial charge in [0.15, 0.2) is 0 Å². The molecule has 0 amide bonds. The van der Waals surface area contributed by atoms with Crippen molar-refractivity contribution in [2.45, 2.75) is 6.54 Å². The highest BCUT2D eigenvalue weighted by Gasteiger charge is 2.05. The van der Waals surface area contributed by atoms with Crippen LogP contribution in [0.1, 0.15) is 5.82 Å². The zero-order chi connectivity index (χ0) is 13.7.